The van der Waals surface area contributed by atoms with Crippen LogP contribution in [-0.2, 0) is 4.74 Å². The maximum atomic E-state index is 13.2. The van der Waals surface area contributed by atoms with Crippen LogP contribution in [0, 0.1) is 5.82 Å². The van der Waals surface area contributed by atoms with E-state index in [1.165, 1.54) is 19.2 Å². The molecule has 0 aliphatic carbocycles. The summed E-state index contributed by atoms with van der Waals surface area (Å²) in [6.07, 6.45) is 5.04. The van der Waals surface area contributed by atoms with Crippen molar-refractivity contribution < 1.29 is 13.9 Å². The number of benzene rings is 2. The normalized spacial score (nSPS) is 11.9. The van der Waals surface area contributed by atoms with Crippen molar-refractivity contribution in [1.29, 1.82) is 0 Å². The van der Waals surface area contributed by atoms with E-state index in [9.17, 15) is 9.18 Å². The first-order valence-electron chi connectivity index (χ1n) is 10.7. The van der Waals surface area contributed by atoms with Gasteiger partial charge < -0.3 is 10.1 Å². The van der Waals surface area contributed by atoms with Gasteiger partial charge in [-0.3, -0.25) is 10.4 Å². The van der Waals surface area contributed by atoms with Gasteiger partial charge in [0, 0.05) is 30.3 Å². The topological polar surface area (TPSA) is 123 Å². The number of halogens is 1. The molecule has 2 aromatic carbocycles. The zero-order chi connectivity index (χ0) is 24.2. The molecule has 10 nitrogen and oxygen atoms in total. The lowest BCUT2D eigenvalue weighted by atomic mass is 10.1. The first kappa shape index (κ1) is 22.2. The lowest BCUT2D eigenvalue weighted by molar-refractivity contribution is 0.168. The molecule has 0 saturated carbocycles. The van der Waals surface area contributed by atoms with Crippen LogP contribution < -0.4 is 10.6 Å². The highest BCUT2D eigenvalue weighted by atomic mass is 19.1. The second-order valence-electron chi connectivity index (χ2n) is 7.74. The van der Waals surface area contributed by atoms with Gasteiger partial charge in [-0.05, 0) is 29.8 Å². The summed E-state index contributed by atoms with van der Waals surface area (Å²) in [5, 5.41) is 21.6. The van der Waals surface area contributed by atoms with Crippen molar-refractivity contribution in [2.75, 3.05) is 19.0 Å². The zero-order valence-electron chi connectivity index (χ0n) is 18.6. The molecule has 5 rings (SSSR count). The molecule has 0 aliphatic heterocycles. The molecule has 2 amide bonds. The number of nitrogens with zero attached hydrogens (tertiary/aromatic N) is 5. The Hall–Kier alpha value is -4.64. The van der Waals surface area contributed by atoms with Crippen molar-refractivity contribution in [2.45, 2.75) is 6.04 Å². The van der Waals surface area contributed by atoms with Gasteiger partial charge in [-0.2, -0.15) is 5.10 Å². The summed E-state index contributed by atoms with van der Waals surface area (Å²) in [6.45, 7) is 0.227. The number of H-pyrrole nitrogens is 1. The molecular formula is C24H21FN8O2. The molecule has 0 radical (unpaired) electrons. The second kappa shape index (κ2) is 9.69. The molecule has 5 aromatic rings. The van der Waals surface area contributed by atoms with Gasteiger partial charge in [0.05, 0.1) is 36.2 Å². The van der Waals surface area contributed by atoms with Crippen LogP contribution in [0.5, 0.6) is 0 Å². The van der Waals surface area contributed by atoms with Crippen LogP contribution in [0.1, 0.15) is 11.6 Å². The second-order valence-corrected chi connectivity index (χ2v) is 7.74. The van der Waals surface area contributed by atoms with Crippen molar-refractivity contribution in [2.24, 2.45) is 0 Å². The molecular weight excluding hydrogens is 451 g/mol. The fraction of sp³-hybridized carbons (Fsp3) is 0.125. The highest BCUT2D eigenvalue weighted by molar-refractivity contribution is 5.95. The Morgan fingerprint density at radius 3 is 2.69 bits per heavy atom. The average molecular weight is 472 g/mol. The third-order valence-electron chi connectivity index (χ3n) is 5.43. The predicted molar refractivity (Wildman–Crippen MR) is 127 cm³/mol. The minimum absolute atomic E-state index is 0.227. The summed E-state index contributed by atoms with van der Waals surface area (Å²) in [4.78, 5) is 17.0. The van der Waals surface area contributed by atoms with E-state index in [-0.39, 0.29) is 12.4 Å². The van der Waals surface area contributed by atoms with Crippen LogP contribution in [-0.4, -0.2) is 49.9 Å². The maximum absolute atomic E-state index is 13.2. The Morgan fingerprint density at radius 1 is 1.17 bits per heavy atom. The van der Waals surface area contributed by atoms with Gasteiger partial charge in [-0.15, -0.1) is 5.10 Å². The van der Waals surface area contributed by atoms with E-state index in [0.29, 0.717) is 5.82 Å². The fourth-order valence-corrected chi connectivity index (χ4v) is 3.71. The summed E-state index contributed by atoms with van der Waals surface area (Å²) in [6, 6.07) is 14.4. The van der Waals surface area contributed by atoms with Gasteiger partial charge in [-0.1, -0.05) is 29.5 Å². The molecule has 0 fully saturated rings. The number of ether oxygens (including phenoxy) is 1. The summed E-state index contributed by atoms with van der Waals surface area (Å²) >= 11 is 0. The smallest absolute Gasteiger partial charge is 0.320 e. The van der Waals surface area contributed by atoms with Crippen molar-refractivity contribution in [3.63, 3.8) is 0 Å². The summed E-state index contributed by atoms with van der Waals surface area (Å²) < 4.78 is 20.1. The number of amides is 2. The van der Waals surface area contributed by atoms with E-state index in [4.69, 9.17) is 4.74 Å². The van der Waals surface area contributed by atoms with Crippen molar-refractivity contribution in [1.82, 2.24) is 35.5 Å². The van der Waals surface area contributed by atoms with E-state index >= 15 is 0 Å². The third-order valence-corrected chi connectivity index (χ3v) is 5.43. The Kier molecular flexibility index (Phi) is 6.14. The van der Waals surface area contributed by atoms with Crippen molar-refractivity contribution >= 4 is 22.8 Å². The monoisotopic (exact) mass is 472 g/mol. The van der Waals surface area contributed by atoms with Crippen LogP contribution in [0.2, 0.25) is 0 Å². The predicted octanol–water partition coefficient (Wildman–Crippen LogP) is 3.85. The molecule has 176 valence electrons. The van der Waals surface area contributed by atoms with Crippen molar-refractivity contribution in [3.05, 3.63) is 84.6 Å². The van der Waals surface area contributed by atoms with Crippen LogP contribution in [0.3, 0.4) is 0 Å². The summed E-state index contributed by atoms with van der Waals surface area (Å²) in [5.41, 5.74) is 3.97. The van der Waals surface area contributed by atoms with E-state index in [2.05, 4.69) is 36.1 Å². The lowest BCUT2D eigenvalue weighted by Crippen LogP contribution is -2.35. The Bertz CT molecular complexity index is 1430. The minimum Gasteiger partial charge on any atom is -0.382 e. The number of anilines is 1. The molecule has 0 bridgehead atoms. The van der Waals surface area contributed by atoms with E-state index in [1.807, 2.05) is 24.3 Å². The highest BCUT2D eigenvalue weighted by Crippen LogP contribution is 2.27. The SMILES string of the molecule is COCC(NC(=O)Nc1cc2[nH]nc(-c3ccc(-n4ccnn4)cc3)c2cn1)c1ccc(F)cc1. The molecule has 0 spiro atoms. The molecule has 3 heterocycles. The van der Waals surface area contributed by atoms with Crippen LogP contribution >= 0.6 is 0 Å². The molecule has 11 heteroatoms. The average Bonchev–Trinajstić information content (AvgIpc) is 3.55. The minimum atomic E-state index is -0.466. The number of urea groups is 1. The zero-order valence-corrected chi connectivity index (χ0v) is 18.6. The highest BCUT2D eigenvalue weighted by Gasteiger charge is 2.16. The number of fused-ring (bicyclic) bond motifs is 1. The fourth-order valence-electron chi connectivity index (χ4n) is 3.71. The molecule has 1 unspecified atom stereocenters. The number of carbonyl (C=O) groups is 1. The quantitative estimate of drug-likeness (QED) is 0.331. The number of methoxy groups -OCH3 is 1. The van der Waals surface area contributed by atoms with Gasteiger partial charge >= 0.3 is 6.03 Å². The summed E-state index contributed by atoms with van der Waals surface area (Å²) in [5.74, 6) is -0.000971. The number of hydrogen-bond donors (Lipinski definition) is 3. The van der Waals surface area contributed by atoms with Gasteiger partial charge in [0.2, 0.25) is 0 Å². The summed E-state index contributed by atoms with van der Waals surface area (Å²) in [7, 11) is 1.53. The maximum Gasteiger partial charge on any atom is 0.320 e. The molecule has 3 aromatic heterocycles. The van der Waals surface area contributed by atoms with Crippen LogP contribution in [0.15, 0.2) is 73.2 Å². The van der Waals surface area contributed by atoms with Gasteiger partial charge in [0.1, 0.15) is 17.3 Å². The Morgan fingerprint density at radius 2 is 1.97 bits per heavy atom. The molecule has 0 saturated heterocycles. The standard InChI is InChI=1S/C24H21FN8O2/c1-35-14-21(15-2-6-17(25)7-3-15)28-24(34)29-22-12-20-19(13-26-22)23(31-30-20)16-4-8-18(9-5-16)33-11-10-27-32-33/h2-13,21H,14H2,1H3,(H,30,31)(H2,26,28,29,34). The first-order valence-corrected chi connectivity index (χ1v) is 10.7. The van der Waals surface area contributed by atoms with E-state index < -0.39 is 12.1 Å². The molecule has 35 heavy (non-hydrogen) atoms. The number of hydrogen-bond acceptors (Lipinski definition) is 6. The van der Waals surface area contributed by atoms with Gasteiger partial charge in [0.15, 0.2) is 0 Å². The largest absolute Gasteiger partial charge is 0.382 e. The number of carbonyl (C=O) groups excluding carboxylic acids is 1. The molecule has 1 atom stereocenters. The number of nitrogens with one attached hydrogen (secondary N) is 3. The first-order chi connectivity index (χ1) is 17.1. The van der Waals surface area contributed by atoms with Gasteiger partial charge in [-0.25, -0.2) is 18.9 Å². The van der Waals surface area contributed by atoms with E-state index in [1.54, 1.807) is 41.5 Å². The van der Waals surface area contributed by atoms with Crippen LogP contribution in [0.25, 0.3) is 27.8 Å². The van der Waals surface area contributed by atoms with Crippen molar-refractivity contribution in [3.8, 4) is 16.9 Å². The number of aromatic amines is 1. The lowest BCUT2D eigenvalue weighted by Gasteiger charge is -2.18. The number of rotatable bonds is 7. The van der Waals surface area contributed by atoms with Gasteiger partial charge in [0.25, 0.3) is 0 Å². The third kappa shape index (κ3) is 4.84. The van der Waals surface area contributed by atoms with E-state index in [0.717, 1.165) is 33.4 Å². The molecule has 3 N–H and O–H groups in total. The number of aromatic nitrogens is 6. The van der Waals surface area contributed by atoms with Crippen LogP contribution in [0.4, 0.5) is 15.0 Å². The molecule has 0 aliphatic rings. The Balaban J connectivity index is 1.30. The number of pyridine rings is 1. The Labute approximate surface area is 199 Å².